The minimum atomic E-state index is -1.42. The normalized spacial score (nSPS) is 25.5. The highest BCUT2D eigenvalue weighted by atomic mass is 16.3. The van der Waals surface area contributed by atoms with Crippen LogP contribution < -0.4 is 4.90 Å². The molecule has 1 N–H and O–H groups in total. The molecule has 1 aromatic carbocycles. The van der Waals surface area contributed by atoms with E-state index in [1.165, 1.54) is 11.9 Å². The smallest absolute Gasteiger partial charge is 0.332 e. The lowest BCUT2D eigenvalue weighted by Crippen LogP contribution is -2.52. The highest BCUT2D eigenvalue weighted by molar-refractivity contribution is 6.24. The van der Waals surface area contributed by atoms with E-state index in [4.69, 9.17) is 5.26 Å². The summed E-state index contributed by atoms with van der Waals surface area (Å²) in [6.45, 7) is 3.32. The fourth-order valence-corrected chi connectivity index (χ4v) is 3.48. The molecule has 0 spiro atoms. The van der Waals surface area contributed by atoms with E-state index in [0.717, 1.165) is 11.3 Å². The first kappa shape index (κ1) is 17.9. The van der Waals surface area contributed by atoms with E-state index in [2.05, 4.69) is 13.0 Å². The Hall–Kier alpha value is -2.91. The second-order valence-electron chi connectivity index (χ2n) is 6.84. The van der Waals surface area contributed by atoms with E-state index < -0.39 is 24.1 Å². The number of carbonyl (C=O) groups excluding carboxylic acids is 2. The molecule has 2 aliphatic rings. The molecule has 1 aliphatic heterocycles. The van der Waals surface area contributed by atoms with Crippen LogP contribution in [-0.2, 0) is 4.79 Å². The zero-order chi connectivity index (χ0) is 19.1. The topological polar surface area (TPSA) is 84.6 Å². The fraction of sp³-hybridized carbons (Fsp3) is 0.350. The number of carbonyl (C=O) groups is 2. The van der Waals surface area contributed by atoms with Crippen LogP contribution in [-0.4, -0.2) is 41.1 Å². The van der Waals surface area contributed by atoms with Gasteiger partial charge in [0.15, 0.2) is 5.54 Å². The maximum atomic E-state index is 13.3. The maximum Gasteiger partial charge on any atom is 0.332 e. The molecule has 134 valence electrons. The molecule has 3 rings (SSSR count). The van der Waals surface area contributed by atoms with Crippen molar-refractivity contribution in [2.75, 3.05) is 18.6 Å². The van der Waals surface area contributed by atoms with Crippen LogP contribution in [0.15, 0.2) is 42.0 Å². The second-order valence-corrected chi connectivity index (χ2v) is 6.84. The van der Waals surface area contributed by atoms with E-state index in [0.29, 0.717) is 28.3 Å². The number of nitrogens with zero attached hydrogens (tertiary/aromatic N) is 3. The van der Waals surface area contributed by atoms with Crippen molar-refractivity contribution in [3.05, 3.63) is 53.1 Å². The van der Waals surface area contributed by atoms with Gasteiger partial charge >= 0.3 is 6.03 Å². The lowest BCUT2D eigenvalue weighted by molar-refractivity contribution is -0.124. The number of amides is 3. The van der Waals surface area contributed by atoms with Crippen LogP contribution in [0, 0.1) is 24.2 Å². The number of rotatable bonds is 3. The molecule has 1 heterocycles. The zero-order valence-corrected chi connectivity index (χ0v) is 15.1. The molecule has 6 nitrogen and oxygen atoms in total. The van der Waals surface area contributed by atoms with Gasteiger partial charge in [-0.1, -0.05) is 25.2 Å². The van der Waals surface area contributed by atoms with E-state index in [1.54, 1.807) is 25.1 Å². The van der Waals surface area contributed by atoms with E-state index in [9.17, 15) is 14.7 Å². The van der Waals surface area contributed by atoms with E-state index in [-0.39, 0.29) is 0 Å². The summed E-state index contributed by atoms with van der Waals surface area (Å²) < 4.78 is 0. The van der Waals surface area contributed by atoms with Crippen LogP contribution in [0.1, 0.15) is 24.5 Å². The van der Waals surface area contributed by atoms with Gasteiger partial charge < -0.3 is 10.0 Å². The molecule has 2 atom stereocenters. The first-order chi connectivity index (χ1) is 12.4. The highest BCUT2D eigenvalue weighted by Crippen LogP contribution is 2.38. The number of urea groups is 1. The Morgan fingerprint density at radius 3 is 2.65 bits per heavy atom. The van der Waals surface area contributed by atoms with Gasteiger partial charge in [0.1, 0.15) is 0 Å². The summed E-state index contributed by atoms with van der Waals surface area (Å²) >= 11 is 0. The van der Waals surface area contributed by atoms with Gasteiger partial charge in [-0.25, -0.2) is 9.69 Å². The minimum absolute atomic E-state index is 0.351. The molecule has 1 fully saturated rings. The highest BCUT2D eigenvalue weighted by Gasteiger charge is 2.57. The molecule has 0 aromatic heterocycles. The lowest BCUT2D eigenvalue weighted by Gasteiger charge is -2.33. The number of aryl methyl sites for hydroxylation is 1. The van der Waals surface area contributed by atoms with E-state index >= 15 is 0 Å². The Morgan fingerprint density at radius 2 is 2.12 bits per heavy atom. The summed E-state index contributed by atoms with van der Waals surface area (Å²) in [4.78, 5) is 28.5. The number of likely N-dealkylation sites (N-methyl/N-ethyl adjacent to an activating group) is 1. The third-order valence-electron chi connectivity index (χ3n) is 5.22. The number of benzene rings is 1. The summed E-state index contributed by atoms with van der Waals surface area (Å²) in [7, 11) is 1.53. The quantitative estimate of drug-likeness (QED) is 0.848. The summed E-state index contributed by atoms with van der Waals surface area (Å²) in [5.74, 6) is -0.133. The maximum absolute atomic E-state index is 13.3. The van der Waals surface area contributed by atoms with Gasteiger partial charge in [-0.15, -0.1) is 0 Å². The van der Waals surface area contributed by atoms with Crippen molar-refractivity contribution in [2.45, 2.75) is 25.8 Å². The van der Waals surface area contributed by atoms with Gasteiger partial charge in [0.2, 0.25) is 0 Å². The standard InChI is InChI=1S/C20H21N3O3/c1-13-4-7-16(8-5-13)20(12-24)18(25)23(19(26)22(20)3)17-9-6-15(11-21)14(2)10-17/h4,6-10,13,24H,5,12H2,1-3H3. The number of imide groups is 1. The van der Waals surface area contributed by atoms with Crippen molar-refractivity contribution in [2.24, 2.45) is 5.92 Å². The number of hydrogen-bond donors (Lipinski definition) is 1. The number of aliphatic hydroxyl groups excluding tert-OH is 1. The first-order valence-corrected chi connectivity index (χ1v) is 8.49. The molecule has 1 aliphatic carbocycles. The van der Waals surface area contributed by atoms with Crippen LogP contribution in [0.25, 0.3) is 0 Å². The molecule has 0 saturated carbocycles. The molecular formula is C20H21N3O3. The molecule has 1 saturated heterocycles. The van der Waals surface area contributed by atoms with Crippen molar-refractivity contribution in [1.29, 1.82) is 5.26 Å². The van der Waals surface area contributed by atoms with Crippen LogP contribution in [0.4, 0.5) is 10.5 Å². The molecule has 2 unspecified atom stereocenters. The minimum Gasteiger partial charge on any atom is -0.393 e. The Morgan fingerprint density at radius 1 is 1.38 bits per heavy atom. The van der Waals surface area contributed by atoms with Crippen LogP contribution in [0.3, 0.4) is 0 Å². The van der Waals surface area contributed by atoms with Crippen LogP contribution in [0.2, 0.25) is 0 Å². The van der Waals surface area contributed by atoms with Crippen molar-refractivity contribution in [3.8, 4) is 6.07 Å². The van der Waals surface area contributed by atoms with Gasteiger partial charge in [-0.05, 0) is 48.6 Å². The fourth-order valence-electron chi connectivity index (χ4n) is 3.48. The number of allylic oxidation sites excluding steroid dienone is 2. The predicted octanol–water partition coefficient (Wildman–Crippen LogP) is 2.52. The molecule has 0 radical (unpaired) electrons. The second kappa shape index (κ2) is 6.43. The van der Waals surface area contributed by atoms with Crippen LogP contribution in [0.5, 0.6) is 0 Å². The number of hydrogen-bond acceptors (Lipinski definition) is 4. The van der Waals surface area contributed by atoms with Gasteiger partial charge in [0.25, 0.3) is 5.91 Å². The SMILES string of the molecule is Cc1cc(N2C(=O)N(C)C(CO)(C3=CCC(C)C=C3)C2=O)ccc1C#N. The van der Waals surface area contributed by atoms with Gasteiger partial charge in [0.05, 0.1) is 23.9 Å². The van der Waals surface area contributed by atoms with E-state index in [1.807, 2.05) is 18.2 Å². The summed E-state index contributed by atoms with van der Waals surface area (Å²) in [6.07, 6.45) is 6.46. The average molecular weight is 351 g/mol. The Kier molecular flexibility index (Phi) is 4.43. The third-order valence-corrected chi connectivity index (χ3v) is 5.22. The average Bonchev–Trinajstić information content (AvgIpc) is 2.82. The lowest BCUT2D eigenvalue weighted by atomic mass is 9.83. The zero-order valence-electron chi connectivity index (χ0n) is 15.1. The summed E-state index contributed by atoms with van der Waals surface area (Å²) in [6, 6.07) is 6.38. The Balaban J connectivity index is 2.07. The molecule has 26 heavy (non-hydrogen) atoms. The molecule has 1 aromatic rings. The molecule has 6 heteroatoms. The van der Waals surface area contributed by atoms with Crippen molar-refractivity contribution >= 4 is 17.6 Å². The Bertz CT molecular complexity index is 881. The summed E-state index contributed by atoms with van der Waals surface area (Å²) in [5, 5.41) is 19.2. The molecule has 0 bridgehead atoms. The monoisotopic (exact) mass is 351 g/mol. The van der Waals surface area contributed by atoms with Gasteiger partial charge in [0, 0.05) is 7.05 Å². The number of aliphatic hydroxyl groups is 1. The molecule has 3 amide bonds. The summed E-state index contributed by atoms with van der Waals surface area (Å²) in [5.41, 5.74) is 0.774. The largest absolute Gasteiger partial charge is 0.393 e. The van der Waals surface area contributed by atoms with Gasteiger partial charge in [-0.3, -0.25) is 4.79 Å². The van der Waals surface area contributed by atoms with Crippen LogP contribution >= 0.6 is 0 Å². The van der Waals surface area contributed by atoms with Crippen molar-refractivity contribution < 1.29 is 14.7 Å². The Labute approximate surface area is 152 Å². The third kappa shape index (κ3) is 2.44. The van der Waals surface area contributed by atoms with Crippen molar-refractivity contribution in [3.63, 3.8) is 0 Å². The first-order valence-electron chi connectivity index (χ1n) is 8.49. The van der Waals surface area contributed by atoms with Crippen molar-refractivity contribution in [1.82, 2.24) is 4.90 Å². The number of nitriles is 1. The predicted molar refractivity (Wildman–Crippen MR) is 97.4 cm³/mol. The molecular weight excluding hydrogens is 330 g/mol. The number of anilines is 1. The van der Waals surface area contributed by atoms with Gasteiger partial charge in [-0.2, -0.15) is 5.26 Å².